The number of guanidine groups is 1. The van der Waals surface area contributed by atoms with Crippen LogP contribution < -0.4 is 5.73 Å². The van der Waals surface area contributed by atoms with Crippen LogP contribution in [0.5, 0.6) is 0 Å². The Balaban J connectivity index is 0.00000180. The molecule has 0 aromatic carbocycles. The molecule has 1 aliphatic heterocycles. The fourth-order valence-electron chi connectivity index (χ4n) is 1.90. The van der Waals surface area contributed by atoms with Gasteiger partial charge >= 0.3 is 0 Å². The fourth-order valence-corrected chi connectivity index (χ4v) is 2.81. The van der Waals surface area contributed by atoms with Crippen molar-refractivity contribution < 1.29 is 0 Å². The summed E-state index contributed by atoms with van der Waals surface area (Å²) in [6, 6.07) is 0. The standard InChI is InChI=1S/C11H20N6S.HI/c1-2-10-15-14-9-17(10)4-3-13-11(12)16-5-7-18-8-6-16;/h9H,2-8H2,1H3,(H2,12,13);1H. The summed E-state index contributed by atoms with van der Waals surface area (Å²) in [6.45, 7) is 5.56. The molecule has 0 unspecified atom stereocenters. The van der Waals surface area contributed by atoms with Crippen LogP contribution in [0.1, 0.15) is 12.7 Å². The van der Waals surface area contributed by atoms with Gasteiger partial charge in [-0.1, -0.05) is 6.92 Å². The molecule has 1 saturated heterocycles. The summed E-state index contributed by atoms with van der Waals surface area (Å²) in [5.74, 6) is 3.95. The predicted octanol–water partition coefficient (Wildman–Crippen LogP) is 0.822. The normalized spacial score (nSPS) is 16.3. The molecule has 0 saturated carbocycles. The van der Waals surface area contributed by atoms with Crippen molar-refractivity contribution in [2.75, 3.05) is 31.1 Å². The lowest BCUT2D eigenvalue weighted by molar-refractivity contribution is 0.455. The average Bonchev–Trinajstić information content (AvgIpc) is 2.87. The monoisotopic (exact) mass is 396 g/mol. The number of thioether (sulfide) groups is 1. The SMILES string of the molecule is CCc1nncn1CCN=C(N)N1CCSCC1.I. The molecule has 0 amide bonds. The number of hydrogen-bond acceptors (Lipinski definition) is 4. The summed E-state index contributed by atoms with van der Waals surface area (Å²) < 4.78 is 2.03. The number of rotatable bonds is 4. The number of aliphatic imine (C=N–C) groups is 1. The minimum Gasteiger partial charge on any atom is -0.370 e. The van der Waals surface area contributed by atoms with Crippen molar-refractivity contribution in [3.05, 3.63) is 12.2 Å². The molecule has 1 fully saturated rings. The van der Waals surface area contributed by atoms with Gasteiger partial charge in [0, 0.05) is 37.6 Å². The molecule has 19 heavy (non-hydrogen) atoms. The average molecular weight is 396 g/mol. The highest BCUT2D eigenvalue weighted by Crippen LogP contribution is 2.08. The van der Waals surface area contributed by atoms with Crippen LogP contribution in [0.3, 0.4) is 0 Å². The maximum absolute atomic E-state index is 5.98. The molecule has 0 aliphatic carbocycles. The Kier molecular flexibility index (Phi) is 7.51. The second-order valence-electron chi connectivity index (χ2n) is 4.13. The molecule has 1 aliphatic rings. The second-order valence-corrected chi connectivity index (χ2v) is 5.36. The Labute approximate surface area is 135 Å². The molecule has 0 radical (unpaired) electrons. The minimum atomic E-state index is 0. The zero-order valence-corrected chi connectivity index (χ0v) is 14.3. The van der Waals surface area contributed by atoms with E-state index in [9.17, 15) is 0 Å². The van der Waals surface area contributed by atoms with Crippen molar-refractivity contribution in [1.29, 1.82) is 0 Å². The van der Waals surface area contributed by atoms with Crippen LogP contribution in [0.4, 0.5) is 0 Å². The maximum Gasteiger partial charge on any atom is 0.191 e. The lowest BCUT2D eigenvalue weighted by atomic mass is 10.4. The molecule has 1 aromatic rings. The Bertz CT molecular complexity index is 402. The zero-order chi connectivity index (χ0) is 12.8. The van der Waals surface area contributed by atoms with E-state index in [1.54, 1.807) is 6.33 Å². The third-order valence-electron chi connectivity index (χ3n) is 2.96. The molecule has 2 rings (SSSR count). The van der Waals surface area contributed by atoms with E-state index in [1.807, 2.05) is 16.3 Å². The molecule has 108 valence electrons. The zero-order valence-electron chi connectivity index (χ0n) is 11.2. The Morgan fingerprint density at radius 1 is 1.47 bits per heavy atom. The van der Waals surface area contributed by atoms with Crippen LogP contribution in [0.2, 0.25) is 0 Å². The van der Waals surface area contributed by atoms with Crippen LogP contribution in [0, 0.1) is 0 Å². The molecule has 1 aromatic heterocycles. The van der Waals surface area contributed by atoms with E-state index in [-0.39, 0.29) is 24.0 Å². The summed E-state index contributed by atoms with van der Waals surface area (Å²) in [5.41, 5.74) is 5.98. The van der Waals surface area contributed by atoms with Gasteiger partial charge in [0.15, 0.2) is 5.96 Å². The number of hydrogen-bond donors (Lipinski definition) is 1. The Morgan fingerprint density at radius 3 is 2.89 bits per heavy atom. The molecule has 8 heteroatoms. The smallest absolute Gasteiger partial charge is 0.191 e. The van der Waals surface area contributed by atoms with Crippen LogP contribution in [-0.2, 0) is 13.0 Å². The molecular weight excluding hydrogens is 375 g/mol. The van der Waals surface area contributed by atoms with Gasteiger partial charge in [0.2, 0.25) is 0 Å². The third-order valence-corrected chi connectivity index (χ3v) is 3.90. The number of halogens is 1. The first-order valence-corrected chi connectivity index (χ1v) is 7.46. The van der Waals surface area contributed by atoms with Crippen molar-refractivity contribution in [2.45, 2.75) is 19.9 Å². The van der Waals surface area contributed by atoms with E-state index >= 15 is 0 Å². The quantitative estimate of drug-likeness (QED) is 0.464. The Morgan fingerprint density at radius 2 is 2.21 bits per heavy atom. The first kappa shape index (κ1) is 16.5. The molecule has 0 spiro atoms. The summed E-state index contributed by atoms with van der Waals surface area (Å²) in [6.07, 6.45) is 2.64. The van der Waals surface area contributed by atoms with E-state index in [0.717, 1.165) is 43.4 Å². The lowest BCUT2D eigenvalue weighted by Crippen LogP contribution is -2.42. The van der Waals surface area contributed by atoms with Gasteiger partial charge in [0.05, 0.1) is 6.54 Å². The van der Waals surface area contributed by atoms with Gasteiger partial charge in [-0.25, -0.2) is 0 Å². The van der Waals surface area contributed by atoms with Crippen molar-refractivity contribution in [3.8, 4) is 0 Å². The maximum atomic E-state index is 5.98. The van der Waals surface area contributed by atoms with Crippen LogP contribution in [0.25, 0.3) is 0 Å². The topological polar surface area (TPSA) is 72.3 Å². The predicted molar refractivity (Wildman–Crippen MR) is 90.2 cm³/mol. The molecule has 2 N–H and O–H groups in total. The summed E-state index contributed by atoms with van der Waals surface area (Å²) in [7, 11) is 0. The van der Waals surface area contributed by atoms with E-state index in [4.69, 9.17) is 5.73 Å². The highest BCUT2D eigenvalue weighted by molar-refractivity contribution is 14.0. The summed E-state index contributed by atoms with van der Waals surface area (Å²) >= 11 is 1.97. The molecular formula is C11H21IN6S. The third kappa shape index (κ3) is 4.83. The highest BCUT2D eigenvalue weighted by atomic mass is 127. The van der Waals surface area contributed by atoms with Gasteiger partial charge in [0.1, 0.15) is 12.2 Å². The summed E-state index contributed by atoms with van der Waals surface area (Å²) in [5, 5.41) is 7.94. The van der Waals surface area contributed by atoms with Gasteiger partial charge in [0.25, 0.3) is 0 Å². The second kappa shape index (κ2) is 8.62. The molecule has 2 heterocycles. The Hall–Kier alpha value is -0.510. The van der Waals surface area contributed by atoms with Gasteiger partial charge in [-0.15, -0.1) is 34.2 Å². The van der Waals surface area contributed by atoms with Crippen molar-refractivity contribution in [1.82, 2.24) is 19.7 Å². The van der Waals surface area contributed by atoms with Crippen LogP contribution in [0.15, 0.2) is 11.3 Å². The van der Waals surface area contributed by atoms with Gasteiger partial charge < -0.3 is 15.2 Å². The van der Waals surface area contributed by atoms with E-state index in [1.165, 1.54) is 0 Å². The molecule has 0 bridgehead atoms. The van der Waals surface area contributed by atoms with E-state index < -0.39 is 0 Å². The molecule has 6 nitrogen and oxygen atoms in total. The number of nitrogens with zero attached hydrogens (tertiary/aromatic N) is 5. The largest absolute Gasteiger partial charge is 0.370 e. The van der Waals surface area contributed by atoms with E-state index in [2.05, 4.69) is 27.0 Å². The van der Waals surface area contributed by atoms with Crippen LogP contribution in [-0.4, -0.2) is 56.8 Å². The van der Waals surface area contributed by atoms with Gasteiger partial charge in [-0.2, -0.15) is 11.8 Å². The van der Waals surface area contributed by atoms with Crippen molar-refractivity contribution in [2.24, 2.45) is 10.7 Å². The lowest BCUT2D eigenvalue weighted by Gasteiger charge is -2.27. The van der Waals surface area contributed by atoms with Crippen LogP contribution >= 0.6 is 35.7 Å². The minimum absolute atomic E-state index is 0. The van der Waals surface area contributed by atoms with Crippen molar-refractivity contribution >= 4 is 41.7 Å². The fraction of sp³-hybridized carbons (Fsp3) is 0.727. The number of nitrogens with two attached hydrogens (primary N) is 1. The number of aryl methyl sites for hydroxylation is 1. The molecule has 0 atom stereocenters. The van der Waals surface area contributed by atoms with Crippen molar-refractivity contribution in [3.63, 3.8) is 0 Å². The van der Waals surface area contributed by atoms with E-state index in [0.29, 0.717) is 12.5 Å². The summed E-state index contributed by atoms with van der Waals surface area (Å²) in [4.78, 5) is 6.59. The highest BCUT2D eigenvalue weighted by Gasteiger charge is 2.11. The number of aromatic nitrogens is 3. The first-order chi connectivity index (χ1) is 8.81. The first-order valence-electron chi connectivity index (χ1n) is 6.30. The van der Waals surface area contributed by atoms with Gasteiger partial charge in [-0.3, -0.25) is 4.99 Å². The van der Waals surface area contributed by atoms with Gasteiger partial charge in [-0.05, 0) is 0 Å².